The molecule has 5 heteroatoms. The van der Waals surface area contributed by atoms with Crippen LogP contribution in [0.2, 0.25) is 0 Å². The predicted octanol–water partition coefficient (Wildman–Crippen LogP) is 2.81. The van der Waals surface area contributed by atoms with Crippen molar-refractivity contribution in [2.24, 2.45) is 0 Å². The summed E-state index contributed by atoms with van der Waals surface area (Å²) in [5.74, 6) is 0.487. The third kappa shape index (κ3) is 2.95. The van der Waals surface area contributed by atoms with E-state index in [0.717, 1.165) is 5.69 Å². The highest BCUT2D eigenvalue weighted by Crippen LogP contribution is 2.19. The molecule has 4 nitrogen and oxygen atoms in total. The first kappa shape index (κ1) is 11.4. The van der Waals surface area contributed by atoms with Crippen LogP contribution in [-0.4, -0.2) is 16.2 Å². The predicted molar refractivity (Wildman–Crippen MR) is 68.3 cm³/mol. The van der Waals surface area contributed by atoms with Gasteiger partial charge in [0.2, 0.25) is 5.95 Å². The summed E-state index contributed by atoms with van der Waals surface area (Å²) >= 11 is 1.69. The molecule has 0 aliphatic rings. The molecule has 0 unspecified atom stereocenters. The Bertz CT molecular complexity index is 528. The van der Waals surface area contributed by atoms with E-state index in [1.165, 1.54) is 17.3 Å². The average molecular weight is 242 g/mol. The summed E-state index contributed by atoms with van der Waals surface area (Å²) in [5.41, 5.74) is 1.38. The van der Waals surface area contributed by atoms with Crippen LogP contribution in [0.25, 0.3) is 0 Å². The number of hydrogen-bond acceptors (Lipinski definition) is 5. The van der Waals surface area contributed by atoms with Crippen LogP contribution < -0.4 is 5.32 Å². The van der Waals surface area contributed by atoms with E-state index in [0.29, 0.717) is 11.5 Å². The average Bonchev–Trinajstić information content (AvgIpc) is 2.40. The highest BCUT2D eigenvalue weighted by atomic mass is 32.2. The van der Waals surface area contributed by atoms with Crippen molar-refractivity contribution in [1.29, 1.82) is 5.26 Å². The number of nitriles is 1. The van der Waals surface area contributed by atoms with Gasteiger partial charge in [-0.05, 0) is 30.5 Å². The summed E-state index contributed by atoms with van der Waals surface area (Å²) in [6.07, 6.45) is 5.02. The van der Waals surface area contributed by atoms with E-state index in [-0.39, 0.29) is 0 Å². The second-order valence-electron chi connectivity index (χ2n) is 3.26. The van der Waals surface area contributed by atoms with Crippen molar-refractivity contribution in [3.63, 3.8) is 0 Å². The summed E-state index contributed by atoms with van der Waals surface area (Å²) in [7, 11) is 0. The quantitative estimate of drug-likeness (QED) is 0.838. The molecule has 1 aromatic heterocycles. The fraction of sp³-hybridized carbons (Fsp3) is 0.0833. The van der Waals surface area contributed by atoms with Gasteiger partial charge in [-0.3, -0.25) is 0 Å². The number of nitrogens with one attached hydrogen (secondary N) is 1. The lowest BCUT2D eigenvalue weighted by atomic mass is 10.3. The summed E-state index contributed by atoms with van der Waals surface area (Å²) < 4.78 is 0. The van der Waals surface area contributed by atoms with Crippen LogP contribution in [0.4, 0.5) is 11.6 Å². The molecule has 0 saturated carbocycles. The Morgan fingerprint density at radius 2 is 1.82 bits per heavy atom. The first-order chi connectivity index (χ1) is 8.31. The van der Waals surface area contributed by atoms with Crippen LogP contribution in [0.15, 0.2) is 41.6 Å². The fourth-order valence-electron chi connectivity index (χ4n) is 1.25. The van der Waals surface area contributed by atoms with Gasteiger partial charge in [0.15, 0.2) is 0 Å². The van der Waals surface area contributed by atoms with E-state index in [1.54, 1.807) is 11.8 Å². The lowest BCUT2D eigenvalue weighted by Gasteiger charge is -2.04. The number of benzene rings is 1. The van der Waals surface area contributed by atoms with Crippen molar-refractivity contribution in [2.45, 2.75) is 4.90 Å². The third-order valence-corrected chi connectivity index (χ3v) is 2.87. The molecule has 84 valence electrons. The Morgan fingerprint density at radius 3 is 2.35 bits per heavy atom. The van der Waals surface area contributed by atoms with Gasteiger partial charge >= 0.3 is 0 Å². The van der Waals surface area contributed by atoms with Crippen molar-refractivity contribution in [1.82, 2.24) is 9.97 Å². The molecule has 0 atom stereocenters. The van der Waals surface area contributed by atoms with Crippen LogP contribution in [0.1, 0.15) is 5.56 Å². The number of rotatable bonds is 3. The van der Waals surface area contributed by atoms with Gasteiger partial charge < -0.3 is 5.32 Å². The van der Waals surface area contributed by atoms with E-state index in [4.69, 9.17) is 5.26 Å². The van der Waals surface area contributed by atoms with E-state index in [9.17, 15) is 0 Å². The molecular weight excluding hydrogens is 232 g/mol. The highest BCUT2D eigenvalue weighted by Gasteiger charge is 1.98. The molecule has 0 saturated heterocycles. The standard InChI is InChI=1S/C12H10N4S/c1-17-11-4-2-10(3-5-11)16-12-14-7-9(6-13)8-15-12/h2-5,7-8H,1H3,(H,14,15,16). The minimum absolute atomic E-state index is 0.452. The Labute approximate surface area is 104 Å². The second-order valence-corrected chi connectivity index (χ2v) is 4.14. The van der Waals surface area contributed by atoms with Gasteiger partial charge in [0.05, 0.1) is 18.0 Å². The van der Waals surface area contributed by atoms with Crippen molar-refractivity contribution >= 4 is 23.4 Å². The van der Waals surface area contributed by atoms with Crippen molar-refractivity contribution in [3.05, 3.63) is 42.2 Å². The SMILES string of the molecule is CSc1ccc(Nc2ncc(C#N)cn2)cc1. The lowest BCUT2D eigenvalue weighted by molar-refractivity contribution is 1.15. The first-order valence-electron chi connectivity index (χ1n) is 4.95. The summed E-state index contributed by atoms with van der Waals surface area (Å²) in [6, 6.07) is 9.96. The van der Waals surface area contributed by atoms with Crippen LogP contribution >= 0.6 is 11.8 Å². The van der Waals surface area contributed by atoms with Gasteiger partial charge in [0.1, 0.15) is 6.07 Å². The van der Waals surface area contributed by atoms with Crippen molar-refractivity contribution in [2.75, 3.05) is 11.6 Å². The Hall–Kier alpha value is -2.06. The zero-order chi connectivity index (χ0) is 12.1. The third-order valence-electron chi connectivity index (χ3n) is 2.13. The molecule has 0 spiro atoms. The maximum Gasteiger partial charge on any atom is 0.227 e. The second kappa shape index (κ2) is 5.32. The Kier molecular flexibility index (Phi) is 3.58. The topological polar surface area (TPSA) is 61.6 Å². The molecule has 1 aromatic carbocycles. The maximum absolute atomic E-state index is 8.62. The number of thioether (sulfide) groups is 1. The van der Waals surface area contributed by atoms with Crippen LogP contribution in [0.3, 0.4) is 0 Å². The largest absolute Gasteiger partial charge is 0.324 e. The molecule has 0 bridgehead atoms. The van der Waals surface area contributed by atoms with Gasteiger partial charge in [-0.25, -0.2) is 9.97 Å². The monoisotopic (exact) mass is 242 g/mol. The van der Waals surface area contributed by atoms with Gasteiger partial charge in [-0.15, -0.1) is 11.8 Å². The lowest BCUT2D eigenvalue weighted by Crippen LogP contribution is -1.96. The zero-order valence-electron chi connectivity index (χ0n) is 9.21. The molecule has 2 aromatic rings. The highest BCUT2D eigenvalue weighted by molar-refractivity contribution is 7.98. The number of aromatic nitrogens is 2. The first-order valence-corrected chi connectivity index (χ1v) is 6.17. The molecular formula is C12H10N4S. The van der Waals surface area contributed by atoms with Gasteiger partial charge in [-0.2, -0.15) is 5.26 Å². The van der Waals surface area contributed by atoms with Crippen LogP contribution in [-0.2, 0) is 0 Å². The molecule has 1 heterocycles. The molecule has 0 radical (unpaired) electrons. The van der Waals surface area contributed by atoms with E-state index in [1.807, 2.05) is 36.6 Å². The Morgan fingerprint density at radius 1 is 1.18 bits per heavy atom. The molecule has 0 aliphatic heterocycles. The molecule has 1 N–H and O–H groups in total. The maximum atomic E-state index is 8.62. The molecule has 2 rings (SSSR count). The number of hydrogen-bond donors (Lipinski definition) is 1. The molecule has 17 heavy (non-hydrogen) atoms. The fourth-order valence-corrected chi connectivity index (χ4v) is 1.66. The van der Waals surface area contributed by atoms with Gasteiger partial charge in [0.25, 0.3) is 0 Å². The number of anilines is 2. The van der Waals surface area contributed by atoms with Crippen molar-refractivity contribution < 1.29 is 0 Å². The molecule has 0 fully saturated rings. The Balaban J connectivity index is 2.11. The summed E-state index contributed by atoms with van der Waals surface area (Å²) in [4.78, 5) is 9.28. The van der Waals surface area contributed by atoms with Crippen LogP contribution in [0.5, 0.6) is 0 Å². The van der Waals surface area contributed by atoms with Crippen LogP contribution in [0, 0.1) is 11.3 Å². The minimum Gasteiger partial charge on any atom is -0.324 e. The van der Waals surface area contributed by atoms with E-state index in [2.05, 4.69) is 15.3 Å². The summed E-state index contributed by atoms with van der Waals surface area (Å²) in [5, 5.41) is 11.7. The molecule has 0 amide bonds. The van der Waals surface area contributed by atoms with Gasteiger partial charge in [-0.1, -0.05) is 0 Å². The number of nitrogens with zero attached hydrogens (tertiary/aromatic N) is 3. The minimum atomic E-state index is 0.452. The van der Waals surface area contributed by atoms with Gasteiger partial charge in [0, 0.05) is 10.6 Å². The molecule has 0 aliphatic carbocycles. The van der Waals surface area contributed by atoms with Crippen molar-refractivity contribution in [3.8, 4) is 6.07 Å². The van der Waals surface area contributed by atoms with E-state index < -0.39 is 0 Å². The zero-order valence-corrected chi connectivity index (χ0v) is 10.0. The smallest absolute Gasteiger partial charge is 0.227 e. The normalized spacial score (nSPS) is 9.65. The summed E-state index contributed by atoms with van der Waals surface area (Å²) in [6.45, 7) is 0. The van der Waals surface area contributed by atoms with E-state index >= 15 is 0 Å².